The Kier molecular flexibility index (Phi) is 7.01. The molecule has 0 aliphatic heterocycles. The van der Waals surface area contributed by atoms with Crippen molar-refractivity contribution >= 4 is 17.3 Å². The van der Waals surface area contributed by atoms with Crippen LogP contribution < -0.4 is 14.8 Å². The maximum Gasteiger partial charge on any atom is 0.274 e. The van der Waals surface area contributed by atoms with Crippen molar-refractivity contribution in [3.05, 3.63) is 93.0 Å². The predicted molar refractivity (Wildman–Crippen MR) is 128 cm³/mol. The van der Waals surface area contributed by atoms with Crippen molar-refractivity contribution < 1.29 is 19.2 Å². The second kappa shape index (κ2) is 9.73. The maximum atomic E-state index is 12.8. The Labute approximate surface area is 193 Å². The van der Waals surface area contributed by atoms with E-state index in [2.05, 4.69) is 26.1 Å². The first kappa shape index (κ1) is 23.8. The fourth-order valence-corrected chi connectivity index (χ4v) is 3.40. The second-order valence-electron chi connectivity index (χ2n) is 8.75. The molecule has 3 aromatic rings. The van der Waals surface area contributed by atoms with Crippen LogP contribution in [0.25, 0.3) is 0 Å². The number of hydrogen-bond donors (Lipinski definition) is 1. The first-order valence-electron chi connectivity index (χ1n) is 10.6. The third-order valence-corrected chi connectivity index (χ3v) is 5.41. The molecule has 3 rings (SSSR count). The summed E-state index contributed by atoms with van der Waals surface area (Å²) in [5, 5.41) is 13.9. The number of methoxy groups -OCH3 is 1. The summed E-state index contributed by atoms with van der Waals surface area (Å²) in [7, 11) is 1.56. The van der Waals surface area contributed by atoms with Gasteiger partial charge in [0.25, 0.3) is 11.6 Å². The van der Waals surface area contributed by atoms with Crippen LogP contribution in [0.3, 0.4) is 0 Å². The number of carbonyl (C=O) groups excluding carboxylic acids is 1. The van der Waals surface area contributed by atoms with Gasteiger partial charge in [0.1, 0.15) is 18.1 Å². The molecule has 0 aromatic heterocycles. The quantitative estimate of drug-likeness (QED) is 0.351. The summed E-state index contributed by atoms with van der Waals surface area (Å²) in [5.41, 5.74) is 3.11. The molecule has 0 spiro atoms. The van der Waals surface area contributed by atoms with Crippen LogP contribution in [0.1, 0.15) is 47.8 Å². The predicted octanol–water partition coefficient (Wildman–Crippen LogP) is 6.04. The summed E-state index contributed by atoms with van der Waals surface area (Å²) in [6.07, 6.45) is 0. The number of carbonyl (C=O) groups is 1. The number of hydrogen-bond acceptors (Lipinski definition) is 5. The number of benzene rings is 3. The van der Waals surface area contributed by atoms with E-state index in [4.69, 9.17) is 9.47 Å². The van der Waals surface area contributed by atoms with Gasteiger partial charge in [0.2, 0.25) is 0 Å². The molecule has 0 aliphatic carbocycles. The van der Waals surface area contributed by atoms with E-state index < -0.39 is 4.92 Å². The summed E-state index contributed by atoms with van der Waals surface area (Å²) in [6.45, 7) is 8.28. The number of ether oxygens (including phenoxy) is 2. The number of nitro groups is 1. The average molecular weight is 449 g/mol. The van der Waals surface area contributed by atoms with E-state index in [0.29, 0.717) is 33.9 Å². The van der Waals surface area contributed by atoms with Gasteiger partial charge >= 0.3 is 0 Å². The van der Waals surface area contributed by atoms with E-state index in [0.717, 1.165) is 0 Å². The molecular formula is C26H28N2O5. The van der Waals surface area contributed by atoms with E-state index in [1.807, 2.05) is 24.3 Å². The van der Waals surface area contributed by atoms with Crippen LogP contribution in [0.2, 0.25) is 0 Å². The molecule has 0 saturated heterocycles. The Morgan fingerprint density at radius 1 is 1.06 bits per heavy atom. The molecule has 0 saturated carbocycles. The van der Waals surface area contributed by atoms with E-state index in [-0.39, 0.29) is 23.6 Å². The summed E-state index contributed by atoms with van der Waals surface area (Å²) >= 11 is 0. The smallest absolute Gasteiger partial charge is 0.274 e. The summed E-state index contributed by atoms with van der Waals surface area (Å²) in [4.78, 5) is 23.5. The van der Waals surface area contributed by atoms with Gasteiger partial charge in [-0.05, 0) is 54.3 Å². The van der Waals surface area contributed by atoms with E-state index >= 15 is 0 Å². The van der Waals surface area contributed by atoms with E-state index in [1.54, 1.807) is 44.4 Å². The minimum absolute atomic E-state index is 0.0471. The van der Waals surface area contributed by atoms with Crippen molar-refractivity contribution in [2.24, 2.45) is 0 Å². The van der Waals surface area contributed by atoms with Gasteiger partial charge in [0.05, 0.1) is 23.3 Å². The maximum absolute atomic E-state index is 12.8. The highest BCUT2D eigenvalue weighted by atomic mass is 16.6. The Morgan fingerprint density at radius 2 is 1.76 bits per heavy atom. The zero-order valence-electron chi connectivity index (χ0n) is 19.5. The zero-order valence-corrected chi connectivity index (χ0v) is 19.5. The van der Waals surface area contributed by atoms with Crippen LogP contribution in [-0.4, -0.2) is 17.9 Å². The highest BCUT2D eigenvalue weighted by Crippen LogP contribution is 2.28. The van der Waals surface area contributed by atoms with Crippen molar-refractivity contribution in [3.8, 4) is 11.5 Å². The summed E-state index contributed by atoms with van der Waals surface area (Å²) in [5.74, 6) is 0.938. The average Bonchev–Trinajstić information content (AvgIpc) is 2.78. The van der Waals surface area contributed by atoms with Crippen LogP contribution in [0, 0.1) is 17.0 Å². The third kappa shape index (κ3) is 5.68. The van der Waals surface area contributed by atoms with Gasteiger partial charge in [-0.15, -0.1) is 0 Å². The van der Waals surface area contributed by atoms with Crippen molar-refractivity contribution in [3.63, 3.8) is 0 Å². The lowest BCUT2D eigenvalue weighted by atomic mass is 9.87. The highest BCUT2D eigenvalue weighted by Gasteiger charge is 2.17. The normalized spacial score (nSPS) is 11.1. The van der Waals surface area contributed by atoms with Gasteiger partial charge in [-0.2, -0.15) is 0 Å². The molecule has 0 aliphatic rings. The molecule has 0 atom stereocenters. The minimum Gasteiger partial charge on any atom is -0.496 e. The molecule has 1 amide bonds. The molecule has 3 aromatic carbocycles. The molecule has 0 heterocycles. The molecule has 0 fully saturated rings. The fraction of sp³-hybridized carbons (Fsp3) is 0.269. The largest absolute Gasteiger partial charge is 0.496 e. The first-order chi connectivity index (χ1) is 15.6. The monoisotopic (exact) mass is 448 g/mol. The van der Waals surface area contributed by atoms with Crippen LogP contribution >= 0.6 is 0 Å². The molecule has 33 heavy (non-hydrogen) atoms. The lowest BCUT2D eigenvalue weighted by Crippen LogP contribution is -2.14. The van der Waals surface area contributed by atoms with Crippen LogP contribution in [-0.2, 0) is 12.0 Å². The molecule has 7 heteroatoms. The Morgan fingerprint density at radius 3 is 2.36 bits per heavy atom. The number of rotatable bonds is 7. The molecule has 172 valence electrons. The number of nitro benzene ring substituents is 1. The zero-order chi connectivity index (χ0) is 24.2. The highest BCUT2D eigenvalue weighted by molar-refractivity contribution is 6.05. The van der Waals surface area contributed by atoms with Gasteiger partial charge in [-0.1, -0.05) is 39.0 Å². The summed E-state index contributed by atoms with van der Waals surface area (Å²) in [6, 6.07) is 17.6. The van der Waals surface area contributed by atoms with Gasteiger partial charge in [-0.3, -0.25) is 14.9 Å². The van der Waals surface area contributed by atoms with Gasteiger partial charge < -0.3 is 14.8 Å². The minimum atomic E-state index is -0.470. The molecule has 0 bridgehead atoms. The van der Waals surface area contributed by atoms with E-state index in [1.165, 1.54) is 11.6 Å². The van der Waals surface area contributed by atoms with Crippen molar-refractivity contribution in [2.45, 2.75) is 39.7 Å². The van der Waals surface area contributed by atoms with Crippen LogP contribution in [0.5, 0.6) is 11.5 Å². The third-order valence-electron chi connectivity index (χ3n) is 5.41. The van der Waals surface area contributed by atoms with Crippen molar-refractivity contribution in [1.82, 2.24) is 0 Å². The van der Waals surface area contributed by atoms with Crippen LogP contribution in [0.4, 0.5) is 11.4 Å². The molecule has 0 radical (unpaired) electrons. The number of nitrogens with zero attached hydrogens (tertiary/aromatic N) is 1. The topological polar surface area (TPSA) is 90.7 Å². The Hall–Kier alpha value is -3.87. The van der Waals surface area contributed by atoms with Crippen molar-refractivity contribution in [2.75, 3.05) is 12.4 Å². The Balaban J connectivity index is 1.77. The van der Waals surface area contributed by atoms with Gasteiger partial charge in [0, 0.05) is 17.2 Å². The van der Waals surface area contributed by atoms with Gasteiger partial charge in [-0.25, -0.2) is 0 Å². The SMILES string of the molecule is COc1ccc(C(=O)Nc2cccc([N+](=O)[O-])c2C)cc1COc1ccc(C(C)(C)C)cc1. The first-order valence-corrected chi connectivity index (χ1v) is 10.6. The summed E-state index contributed by atoms with van der Waals surface area (Å²) < 4.78 is 11.4. The number of amides is 1. The lowest BCUT2D eigenvalue weighted by Gasteiger charge is -2.19. The van der Waals surface area contributed by atoms with Crippen LogP contribution in [0.15, 0.2) is 60.7 Å². The Bertz CT molecular complexity index is 1160. The standard InChI is InChI=1S/C26H28N2O5/c1-17-22(7-6-8-23(17)28(30)31)27-25(29)18-9-14-24(32-5)19(15-18)16-33-21-12-10-20(11-13-21)26(2,3)4/h6-15H,16H2,1-5H3,(H,27,29). The van der Waals surface area contributed by atoms with Crippen molar-refractivity contribution in [1.29, 1.82) is 0 Å². The number of nitrogens with one attached hydrogen (secondary N) is 1. The fourth-order valence-electron chi connectivity index (χ4n) is 3.40. The van der Waals surface area contributed by atoms with E-state index in [9.17, 15) is 14.9 Å². The van der Waals surface area contributed by atoms with Gasteiger partial charge in [0.15, 0.2) is 0 Å². The second-order valence-corrected chi connectivity index (χ2v) is 8.75. The molecule has 1 N–H and O–H groups in total. The molecular weight excluding hydrogens is 420 g/mol. The lowest BCUT2D eigenvalue weighted by molar-refractivity contribution is -0.385. The molecule has 0 unspecified atom stereocenters. The molecule has 7 nitrogen and oxygen atoms in total. The number of anilines is 1.